The van der Waals surface area contributed by atoms with Crippen LogP contribution in [0.25, 0.3) is 10.9 Å². The van der Waals surface area contributed by atoms with Crippen molar-refractivity contribution in [2.45, 2.75) is 31.3 Å². The van der Waals surface area contributed by atoms with Crippen LogP contribution in [0.3, 0.4) is 0 Å². The molecule has 5 nitrogen and oxygen atoms in total. The molecule has 6 heteroatoms. The summed E-state index contributed by atoms with van der Waals surface area (Å²) in [6.45, 7) is 0. The van der Waals surface area contributed by atoms with Gasteiger partial charge in [0, 0.05) is 29.6 Å². The van der Waals surface area contributed by atoms with Gasteiger partial charge in [0.25, 0.3) is 5.91 Å². The SMILES string of the molecule is O=C(N[C@H](Cc1c[nH]c2ccccc12)C(=O)NC1CC1)c1ccccc1Cl. The van der Waals surface area contributed by atoms with Gasteiger partial charge in [0.05, 0.1) is 10.6 Å². The van der Waals surface area contributed by atoms with E-state index in [2.05, 4.69) is 15.6 Å². The molecule has 138 valence electrons. The Bertz CT molecular complexity index is 994. The Labute approximate surface area is 162 Å². The van der Waals surface area contributed by atoms with Gasteiger partial charge in [-0.15, -0.1) is 0 Å². The van der Waals surface area contributed by atoms with Crippen molar-refractivity contribution in [3.8, 4) is 0 Å². The van der Waals surface area contributed by atoms with Gasteiger partial charge in [-0.1, -0.05) is 41.9 Å². The van der Waals surface area contributed by atoms with E-state index in [1.807, 2.05) is 30.5 Å². The number of nitrogens with one attached hydrogen (secondary N) is 3. The number of hydrogen-bond donors (Lipinski definition) is 3. The number of fused-ring (bicyclic) bond motifs is 1. The van der Waals surface area contributed by atoms with Gasteiger partial charge in [0.1, 0.15) is 6.04 Å². The zero-order chi connectivity index (χ0) is 18.8. The van der Waals surface area contributed by atoms with Crippen LogP contribution >= 0.6 is 11.6 Å². The van der Waals surface area contributed by atoms with Crippen LogP contribution in [0.4, 0.5) is 0 Å². The van der Waals surface area contributed by atoms with Crippen molar-refractivity contribution in [2.75, 3.05) is 0 Å². The number of rotatable bonds is 6. The van der Waals surface area contributed by atoms with Crippen molar-refractivity contribution in [1.29, 1.82) is 0 Å². The molecule has 1 aromatic heterocycles. The second-order valence-corrected chi connectivity index (χ2v) is 7.26. The largest absolute Gasteiger partial charge is 0.361 e. The van der Waals surface area contributed by atoms with Crippen LogP contribution in [0.1, 0.15) is 28.8 Å². The predicted molar refractivity (Wildman–Crippen MR) is 106 cm³/mol. The fourth-order valence-electron chi connectivity index (χ4n) is 3.14. The zero-order valence-electron chi connectivity index (χ0n) is 14.7. The Hall–Kier alpha value is -2.79. The smallest absolute Gasteiger partial charge is 0.253 e. The van der Waals surface area contributed by atoms with Crippen molar-refractivity contribution < 1.29 is 9.59 Å². The van der Waals surface area contributed by atoms with Crippen LogP contribution in [0.15, 0.2) is 54.7 Å². The minimum Gasteiger partial charge on any atom is -0.361 e. The van der Waals surface area contributed by atoms with E-state index >= 15 is 0 Å². The fraction of sp³-hybridized carbons (Fsp3) is 0.238. The van der Waals surface area contributed by atoms with Crippen molar-refractivity contribution in [1.82, 2.24) is 15.6 Å². The molecule has 0 unspecified atom stereocenters. The standard InChI is InChI=1S/C21H20ClN3O2/c22-17-7-3-1-6-16(17)20(26)25-19(21(27)24-14-9-10-14)11-13-12-23-18-8-4-2-5-15(13)18/h1-8,12,14,19,23H,9-11H2,(H,24,27)(H,25,26)/t19-/m1/s1. The van der Waals surface area contributed by atoms with Crippen molar-refractivity contribution >= 4 is 34.3 Å². The van der Waals surface area contributed by atoms with Crippen LogP contribution in [0, 0.1) is 0 Å². The molecule has 3 aromatic rings. The van der Waals surface area contributed by atoms with E-state index in [1.54, 1.807) is 24.3 Å². The molecular formula is C21H20ClN3O2. The average Bonchev–Trinajstić information content (AvgIpc) is 3.39. The number of aromatic amines is 1. The van der Waals surface area contributed by atoms with Crippen molar-refractivity contribution in [2.24, 2.45) is 0 Å². The second-order valence-electron chi connectivity index (χ2n) is 6.85. The molecule has 4 rings (SSSR count). The number of halogens is 1. The molecule has 27 heavy (non-hydrogen) atoms. The van der Waals surface area contributed by atoms with Gasteiger partial charge in [-0.2, -0.15) is 0 Å². The van der Waals surface area contributed by atoms with Gasteiger partial charge in [-0.3, -0.25) is 9.59 Å². The molecule has 0 bridgehead atoms. The Balaban J connectivity index is 1.57. The predicted octanol–water partition coefficient (Wildman–Crippen LogP) is 3.44. The number of amides is 2. The summed E-state index contributed by atoms with van der Waals surface area (Å²) in [4.78, 5) is 28.6. The molecule has 3 N–H and O–H groups in total. The highest BCUT2D eigenvalue weighted by atomic mass is 35.5. The summed E-state index contributed by atoms with van der Waals surface area (Å²) < 4.78 is 0. The minimum absolute atomic E-state index is 0.164. The first-order valence-electron chi connectivity index (χ1n) is 9.02. The lowest BCUT2D eigenvalue weighted by Crippen LogP contribution is -2.48. The van der Waals surface area contributed by atoms with Gasteiger partial charge in [0.2, 0.25) is 5.91 Å². The highest BCUT2D eigenvalue weighted by molar-refractivity contribution is 6.33. The lowest BCUT2D eigenvalue weighted by Gasteiger charge is -2.19. The maximum Gasteiger partial charge on any atom is 0.253 e. The van der Waals surface area contributed by atoms with Crippen molar-refractivity contribution in [3.05, 3.63) is 70.9 Å². The first kappa shape index (κ1) is 17.6. The molecule has 2 amide bonds. The molecule has 1 atom stereocenters. The van der Waals surface area contributed by atoms with Crippen LogP contribution in [-0.2, 0) is 11.2 Å². The molecule has 1 heterocycles. The average molecular weight is 382 g/mol. The maximum atomic E-state index is 12.7. The minimum atomic E-state index is -0.673. The molecule has 0 aliphatic heterocycles. The fourth-order valence-corrected chi connectivity index (χ4v) is 3.36. The summed E-state index contributed by atoms with van der Waals surface area (Å²) in [7, 11) is 0. The molecule has 1 fully saturated rings. The highest BCUT2D eigenvalue weighted by Gasteiger charge is 2.29. The summed E-state index contributed by atoms with van der Waals surface area (Å²) >= 11 is 6.13. The topological polar surface area (TPSA) is 74.0 Å². The van der Waals surface area contributed by atoms with E-state index in [0.29, 0.717) is 17.0 Å². The van der Waals surface area contributed by atoms with E-state index in [4.69, 9.17) is 11.6 Å². The van der Waals surface area contributed by atoms with E-state index < -0.39 is 6.04 Å². The number of benzene rings is 2. The van der Waals surface area contributed by atoms with Crippen LogP contribution in [0.5, 0.6) is 0 Å². The monoisotopic (exact) mass is 381 g/mol. The number of carbonyl (C=O) groups excluding carboxylic acids is 2. The molecule has 0 radical (unpaired) electrons. The van der Waals surface area contributed by atoms with Gasteiger partial charge >= 0.3 is 0 Å². The number of aromatic nitrogens is 1. The summed E-state index contributed by atoms with van der Waals surface area (Å²) in [5.74, 6) is -0.514. The van der Waals surface area contributed by atoms with E-state index in [9.17, 15) is 9.59 Å². The highest BCUT2D eigenvalue weighted by Crippen LogP contribution is 2.22. The molecule has 2 aromatic carbocycles. The van der Waals surface area contributed by atoms with E-state index in [0.717, 1.165) is 29.3 Å². The lowest BCUT2D eigenvalue weighted by molar-refractivity contribution is -0.123. The van der Waals surface area contributed by atoms with Gasteiger partial charge in [-0.05, 0) is 36.6 Å². The van der Waals surface area contributed by atoms with Crippen LogP contribution < -0.4 is 10.6 Å². The molecule has 0 saturated heterocycles. The van der Waals surface area contributed by atoms with Gasteiger partial charge in [-0.25, -0.2) is 0 Å². The number of hydrogen-bond acceptors (Lipinski definition) is 2. The second kappa shape index (κ2) is 7.45. The number of carbonyl (C=O) groups is 2. The lowest BCUT2D eigenvalue weighted by atomic mass is 10.0. The molecular weight excluding hydrogens is 362 g/mol. The number of para-hydroxylation sites is 1. The van der Waals surface area contributed by atoms with Crippen LogP contribution in [-0.4, -0.2) is 28.9 Å². The normalized spacial score (nSPS) is 14.7. The Morgan fingerprint density at radius 3 is 2.63 bits per heavy atom. The molecule has 1 aliphatic carbocycles. The number of H-pyrrole nitrogens is 1. The Morgan fingerprint density at radius 2 is 1.85 bits per heavy atom. The van der Waals surface area contributed by atoms with E-state index in [1.165, 1.54) is 0 Å². The first-order valence-corrected chi connectivity index (χ1v) is 9.40. The third kappa shape index (κ3) is 3.98. The van der Waals surface area contributed by atoms with Crippen LogP contribution in [0.2, 0.25) is 5.02 Å². The third-order valence-corrected chi connectivity index (χ3v) is 5.09. The summed E-state index contributed by atoms with van der Waals surface area (Å²) in [5.41, 5.74) is 2.36. The Morgan fingerprint density at radius 1 is 1.11 bits per heavy atom. The first-order chi connectivity index (χ1) is 13.1. The zero-order valence-corrected chi connectivity index (χ0v) is 15.4. The third-order valence-electron chi connectivity index (χ3n) is 4.76. The summed E-state index contributed by atoms with van der Waals surface area (Å²) in [5, 5.41) is 7.26. The van der Waals surface area contributed by atoms with Crippen molar-refractivity contribution in [3.63, 3.8) is 0 Å². The molecule has 1 saturated carbocycles. The maximum absolute atomic E-state index is 12.7. The molecule has 1 aliphatic rings. The van der Waals surface area contributed by atoms with Gasteiger partial charge < -0.3 is 15.6 Å². The summed E-state index contributed by atoms with van der Waals surface area (Å²) in [6, 6.07) is 14.3. The Kier molecular flexibility index (Phi) is 4.86. The molecule has 0 spiro atoms. The van der Waals surface area contributed by atoms with E-state index in [-0.39, 0.29) is 17.9 Å². The summed E-state index contributed by atoms with van der Waals surface area (Å²) in [6.07, 6.45) is 4.27. The quantitative estimate of drug-likeness (QED) is 0.612. The van der Waals surface area contributed by atoms with Gasteiger partial charge in [0.15, 0.2) is 0 Å².